The number of sulfone groups is 1. The molecule has 6 nitrogen and oxygen atoms in total. The predicted octanol–water partition coefficient (Wildman–Crippen LogP) is 3.08. The van der Waals surface area contributed by atoms with E-state index in [0.717, 1.165) is 24.8 Å². The van der Waals surface area contributed by atoms with Gasteiger partial charge in [0, 0.05) is 25.7 Å². The van der Waals surface area contributed by atoms with E-state index < -0.39 is 9.84 Å². The average Bonchev–Trinajstić information content (AvgIpc) is 3.22. The van der Waals surface area contributed by atoms with Gasteiger partial charge in [-0.1, -0.05) is 31.2 Å². The molecule has 0 aliphatic carbocycles. The van der Waals surface area contributed by atoms with Gasteiger partial charge < -0.3 is 4.90 Å². The van der Waals surface area contributed by atoms with Crippen LogP contribution in [0.4, 0.5) is 4.39 Å². The van der Waals surface area contributed by atoms with Gasteiger partial charge in [-0.15, -0.1) is 0 Å². The zero-order chi connectivity index (χ0) is 21.7. The third-order valence-corrected chi connectivity index (χ3v) is 7.24. The molecule has 0 saturated carbocycles. The number of halogens is 1. The van der Waals surface area contributed by atoms with Crippen LogP contribution < -0.4 is 10.9 Å². The Morgan fingerprint density at radius 2 is 1.93 bits per heavy atom. The third-order valence-electron chi connectivity index (χ3n) is 5.46. The summed E-state index contributed by atoms with van der Waals surface area (Å²) in [5.41, 5.74) is 7.57. The summed E-state index contributed by atoms with van der Waals surface area (Å²) in [5, 5.41) is 0. The van der Waals surface area contributed by atoms with Gasteiger partial charge >= 0.3 is 0 Å². The topological polar surface area (TPSA) is 78.5 Å². The van der Waals surface area contributed by atoms with Crippen molar-refractivity contribution in [1.29, 1.82) is 0 Å². The van der Waals surface area contributed by atoms with Crippen molar-refractivity contribution in [2.24, 2.45) is 0 Å². The summed E-state index contributed by atoms with van der Waals surface area (Å²) in [6, 6.07) is 13.2. The van der Waals surface area contributed by atoms with Gasteiger partial charge in [-0.2, -0.15) is 0 Å². The molecule has 2 unspecified atom stereocenters. The van der Waals surface area contributed by atoms with Crippen molar-refractivity contribution >= 4 is 15.7 Å². The fraction of sp³-hybridized carbons (Fsp3) is 0.409. The molecule has 3 rings (SSSR count). The van der Waals surface area contributed by atoms with Crippen molar-refractivity contribution in [1.82, 2.24) is 15.8 Å². The van der Waals surface area contributed by atoms with Crippen LogP contribution in [0.5, 0.6) is 0 Å². The van der Waals surface area contributed by atoms with Gasteiger partial charge in [0.1, 0.15) is 5.82 Å². The van der Waals surface area contributed by atoms with E-state index in [2.05, 4.69) is 10.9 Å². The molecule has 0 radical (unpaired) electrons. The van der Waals surface area contributed by atoms with Crippen molar-refractivity contribution in [3.63, 3.8) is 0 Å². The summed E-state index contributed by atoms with van der Waals surface area (Å²) in [6.45, 7) is 2.09. The molecule has 2 aromatic carbocycles. The molecule has 1 fully saturated rings. The molecule has 1 amide bonds. The van der Waals surface area contributed by atoms with E-state index in [9.17, 15) is 17.6 Å². The highest BCUT2D eigenvalue weighted by Crippen LogP contribution is 2.25. The first kappa shape index (κ1) is 22.4. The Bertz CT molecular complexity index is 997. The molecule has 1 heterocycles. The van der Waals surface area contributed by atoms with Crippen LogP contribution in [0.15, 0.2) is 53.4 Å². The van der Waals surface area contributed by atoms with E-state index in [1.54, 1.807) is 43.1 Å². The van der Waals surface area contributed by atoms with Gasteiger partial charge in [0.2, 0.25) is 0 Å². The number of amides is 1. The van der Waals surface area contributed by atoms with Crippen LogP contribution in [-0.4, -0.2) is 44.6 Å². The molecule has 1 saturated heterocycles. The number of carbonyl (C=O) groups is 1. The number of hydrogen-bond donors (Lipinski definition) is 2. The highest BCUT2D eigenvalue weighted by molar-refractivity contribution is 7.91. The molecule has 2 aromatic rings. The monoisotopic (exact) mass is 433 g/mol. The minimum absolute atomic E-state index is 0.0478. The van der Waals surface area contributed by atoms with Gasteiger partial charge in [0.15, 0.2) is 9.84 Å². The molecular formula is C22H28FN3O3S. The van der Waals surface area contributed by atoms with E-state index in [0.29, 0.717) is 6.54 Å². The van der Waals surface area contributed by atoms with Crippen LogP contribution in [0.1, 0.15) is 48.1 Å². The van der Waals surface area contributed by atoms with Crippen molar-refractivity contribution in [2.45, 2.75) is 43.2 Å². The molecular weight excluding hydrogens is 405 g/mol. The second kappa shape index (κ2) is 9.68. The lowest BCUT2D eigenvalue weighted by atomic mass is 9.99. The number of benzene rings is 2. The van der Waals surface area contributed by atoms with E-state index in [1.165, 1.54) is 18.2 Å². The molecule has 162 valence electrons. The van der Waals surface area contributed by atoms with Crippen LogP contribution in [-0.2, 0) is 9.84 Å². The van der Waals surface area contributed by atoms with Gasteiger partial charge in [-0.25, -0.2) is 12.8 Å². The van der Waals surface area contributed by atoms with E-state index >= 15 is 0 Å². The molecule has 2 N–H and O–H groups in total. The van der Waals surface area contributed by atoms with Crippen LogP contribution in [0.25, 0.3) is 0 Å². The van der Waals surface area contributed by atoms with Gasteiger partial charge in [-0.05, 0) is 49.1 Å². The molecule has 8 heteroatoms. The van der Waals surface area contributed by atoms with Crippen molar-refractivity contribution in [3.8, 4) is 0 Å². The highest BCUT2D eigenvalue weighted by Gasteiger charge is 2.26. The normalized spacial score (nSPS) is 19.0. The second-order valence-electron chi connectivity index (χ2n) is 7.60. The number of hydrazine groups is 1. The molecule has 30 heavy (non-hydrogen) atoms. The maximum atomic E-state index is 13.4. The zero-order valence-electron chi connectivity index (χ0n) is 17.3. The maximum absolute atomic E-state index is 13.4. The number of nitrogens with zero attached hydrogens (tertiary/aromatic N) is 1. The lowest BCUT2D eigenvalue weighted by molar-refractivity contribution is 0.0788. The lowest BCUT2D eigenvalue weighted by Crippen LogP contribution is -2.33. The smallest absolute Gasteiger partial charge is 0.254 e. The fourth-order valence-electron chi connectivity index (χ4n) is 3.71. The minimum atomic E-state index is -3.47. The van der Waals surface area contributed by atoms with Gasteiger partial charge in [0.25, 0.3) is 5.91 Å². The van der Waals surface area contributed by atoms with Gasteiger partial charge in [-0.3, -0.25) is 15.6 Å². The largest absolute Gasteiger partial charge is 0.342 e. The summed E-state index contributed by atoms with van der Waals surface area (Å²) < 4.78 is 38.0. The Kier molecular flexibility index (Phi) is 7.23. The summed E-state index contributed by atoms with van der Waals surface area (Å²) in [7, 11) is -1.78. The first-order valence-corrected chi connectivity index (χ1v) is 11.8. The molecule has 2 atom stereocenters. The molecule has 0 spiro atoms. The van der Waals surface area contributed by atoms with E-state index in [-0.39, 0.29) is 40.0 Å². The van der Waals surface area contributed by atoms with Crippen LogP contribution in [0.2, 0.25) is 0 Å². The van der Waals surface area contributed by atoms with E-state index in [4.69, 9.17) is 0 Å². The summed E-state index contributed by atoms with van der Waals surface area (Å²) in [4.78, 5) is 14.5. The van der Waals surface area contributed by atoms with Crippen molar-refractivity contribution in [3.05, 3.63) is 65.5 Å². The Labute approximate surface area is 177 Å². The number of carbonyl (C=O) groups excluding carboxylic acids is 1. The number of hydrogen-bond acceptors (Lipinski definition) is 5. The minimum Gasteiger partial charge on any atom is -0.342 e. The predicted molar refractivity (Wildman–Crippen MR) is 114 cm³/mol. The maximum Gasteiger partial charge on any atom is 0.254 e. The molecule has 1 aliphatic rings. The number of nitrogens with one attached hydrogen (secondary N) is 2. The first-order valence-electron chi connectivity index (χ1n) is 10.2. The Hall–Kier alpha value is -2.29. The van der Waals surface area contributed by atoms with Gasteiger partial charge in [0.05, 0.1) is 16.2 Å². The third kappa shape index (κ3) is 5.24. The second-order valence-corrected chi connectivity index (χ2v) is 9.84. The van der Waals surface area contributed by atoms with Crippen LogP contribution in [0, 0.1) is 5.82 Å². The van der Waals surface area contributed by atoms with Crippen LogP contribution >= 0.6 is 0 Å². The highest BCUT2D eigenvalue weighted by atomic mass is 32.2. The molecule has 1 aliphatic heterocycles. The summed E-state index contributed by atoms with van der Waals surface area (Å²) in [5.74, 6) is -0.588. The van der Waals surface area contributed by atoms with Crippen molar-refractivity contribution in [2.75, 3.05) is 19.3 Å². The van der Waals surface area contributed by atoms with Crippen molar-refractivity contribution < 1.29 is 17.6 Å². The Morgan fingerprint density at radius 1 is 1.17 bits per heavy atom. The fourth-order valence-corrected chi connectivity index (χ4v) is 4.79. The zero-order valence-corrected chi connectivity index (χ0v) is 18.1. The summed E-state index contributed by atoms with van der Waals surface area (Å²) >= 11 is 0. The summed E-state index contributed by atoms with van der Waals surface area (Å²) in [6.07, 6.45) is 2.43. The Morgan fingerprint density at radius 3 is 2.67 bits per heavy atom. The molecule has 0 aromatic heterocycles. The quantitative estimate of drug-likeness (QED) is 0.669. The van der Waals surface area contributed by atoms with Crippen LogP contribution in [0.3, 0.4) is 0 Å². The SMILES string of the molecule is CCS(=O)(=O)c1ccccc1C(=O)N(C)CCCC1CC(c2cccc(F)c2)NN1. The Balaban J connectivity index is 1.53. The average molecular weight is 434 g/mol. The van der Waals surface area contributed by atoms with E-state index in [1.807, 2.05) is 6.07 Å². The number of rotatable bonds is 8. The molecule has 0 bridgehead atoms. The standard InChI is InChI=1S/C22H28FN3O3S/c1-3-30(28,29)21-12-5-4-11-19(21)22(27)26(2)13-7-10-18-15-20(25-24-18)16-8-6-9-17(23)14-16/h4-6,8-9,11-12,14,18,20,24-25H,3,7,10,13,15H2,1-2H3. The first-order chi connectivity index (χ1) is 14.3. The lowest BCUT2D eigenvalue weighted by Gasteiger charge is -2.20.